The molecule has 2 heterocycles. The highest BCUT2D eigenvalue weighted by molar-refractivity contribution is 5.93. The molecular weight excluding hydrogens is 309 g/mol. The standard InChI is InChI=1S/C18H18FN3O2/c1-12-4-2-7-16(20-12)18(24)21-15-9-17(23)22(11-15)10-13-5-3-6-14(19)8-13/h2-8,15H,9-11H2,1H3,(H,21,24)/t15-/m0/s1. The molecule has 1 N–H and O–H groups in total. The molecule has 0 radical (unpaired) electrons. The number of nitrogens with one attached hydrogen (secondary N) is 1. The SMILES string of the molecule is Cc1cccc(C(=O)N[C@H]2CC(=O)N(Cc3cccc(F)c3)C2)n1. The highest BCUT2D eigenvalue weighted by Crippen LogP contribution is 2.16. The molecule has 0 saturated carbocycles. The largest absolute Gasteiger partial charge is 0.346 e. The van der Waals surface area contributed by atoms with Gasteiger partial charge in [-0.15, -0.1) is 0 Å². The average Bonchev–Trinajstić information content (AvgIpc) is 2.87. The molecule has 1 aliphatic heterocycles. The number of hydrogen-bond acceptors (Lipinski definition) is 3. The Kier molecular flexibility index (Phi) is 4.55. The minimum atomic E-state index is -0.325. The van der Waals surface area contributed by atoms with E-state index >= 15 is 0 Å². The molecule has 1 saturated heterocycles. The van der Waals surface area contributed by atoms with Gasteiger partial charge in [-0.3, -0.25) is 9.59 Å². The third kappa shape index (κ3) is 3.76. The number of benzene rings is 1. The minimum absolute atomic E-state index is 0.0539. The lowest BCUT2D eigenvalue weighted by atomic mass is 10.2. The quantitative estimate of drug-likeness (QED) is 0.935. The molecule has 1 fully saturated rings. The maximum atomic E-state index is 13.2. The maximum absolute atomic E-state index is 13.2. The number of halogens is 1. The number of likely N-dealkylation sites (tertiary alicyclic amines) is 1. The fourth-order valence-electron chi connectivity index (χ4n) is 2.81. The first-order valence-corrected chi connectivity index (χ1v) is 7.78. The fraction of sp³-hybridized carbons (Fsp3) is 0.278. The summed E-state index contributed by atoms with van der Waals surface area (Å²) in [6, 6.07) is 11.1. The van der Waals surface area contributed by atoms with Gasteiger partial charge in [-0.2, -0.15) is 0 Å². The van der Waals surface area contributed by atoms with Crippen molar-refractivity contribution in [2.75, 3.05) is 6.54 Å². The van der Waals surface area contributed by atoms with E-state index in [1.54, 1.807) is 29.2 Å². The van der Waals surface area contributed by atoms with Gasteiger partial charge in [-0.1, -0.05) is 18.2 Å². The Labute approximate surface area is 139 Å². The number of hydrogen-bond donors (Lipinski definition) is 1. The van der Waals surface area contributed by atoms with Crippen LogP contribution in [0.15, 0.2) is 42.5 Å². The summed E-state index contributed by atoms with van der Waals surface area (Å²) >= 11 is 0. The Morgan fingerprint density at radius 1 is 1.33 bits per heavy atom. The van der Waals surface area contributed by atoms with Crippen molar-refractivity contribution in [2.24, 2.45) is 0 Å². The van der Waals surface area contributed by atoms with Gasteiger partial charge in [-0.05, 0) is 36.8 Å². The summed E-state index contributed by atoms with van der Waals surface area (Å²) in [4.78, 5) is 30.1. The van der Waals surface area contributed by atoms with Crippen molar-refractivity contribution in [3.05, 3.63) is 65.2 Å². The zero-order valence-electron chi connectivity index (χ0n) is 13.3. The third-order valence-corrected chi connectivity index (χ3v) is 3.93. The molecule has 6 heteroatoms. The molecule has 3 rings (SSSR count). The summed E-state index contributed by atoms with van der Waals surface area (Å²) in [5.41, 5.74) is 1.83. The molecule has 1 aromatic carbocycles. The van der Waals surface area contributed by atoms with Gasteiger partial charge in [0.15, 0.2) is 0 Å². The number of rotatable bonds is 4. The van der Waals surface area contributed by atoms with E-state index < -0.39 is 0 Å². The van der Waals surface area contributed by atoms with E-state index in [0.717, 1.165) is 11.3 Å². The van der Waals surface area contributed by atoms with Crippen molar-refractivity contribution < 1.29 is 14.0 Å². The maximum Gasteiger partial charge on any atom is 0.270 e. The minimum Gasteiger partial charge on any atom is -0.346 e. The summed E-state index contributed by atoms with van der Waals surface area (Å²) in [5.74, 6) is -0.666. The molecule has 5 nitrogen and oxygen atoms in total. The predicted octanol–water partition coefficient (Wildman–Crippen LogP) is 2.06. The predicted molar refractivity (Wildman–Crippen MR) is 86.7 cm³/mol. The molecule has 0 aliphatic carbocycles. The van der Waals surface area contributed by atoms with E-state index in [0.29, 0.717) is 18.8 Å². The van der Waals surface area contributed by atoms with Crippen LogP contribution in [0, 0.1) is 12.7 Å². The van der Waals surface area contributed by atoms with Gasteiger partial charge in [0, 0.05) is 25.2 Å². The second-order valence-electron chi connectivity index (χ2n) is 5.94. The molecule has 0 unspecified atom stereocenters. The lowest BCUT2D eigenvalue weighted by molar-refractivity contribution is -0.128. The zero-order valence-corrected chi connectivity index (χ0v) is 13.3. The first kappa shape index (κ1) is 16.1. The molecule has 2 amide bonds. The average molecular weight is 327 g/mol. The van der Waals surface area contributed by atoms with E-state index in [1.807, 2.05) is 13.0 Å². The van der Waals surface area contributed by atoms with Crippen LogP contribution >= 0.6 is 0 Å². The highest BCUT2D eigenvalue weighted by atomic mass is 19.1. The van der Waals surface area contributed by atoms with Crippen molar-refractivity contribution in [1.82, 2.24) is 15.2 Å². The van der Waals surface area contributed by atoms with Crippen LogP contribution in [-0.4, -0.2) is 34.3 Å². The molecule has 124 valence electrons. The molecule has 0 bridgehead atoms. The van der Waals surface area contributed by atoms with Gasteiger partial charge in [0.1, 0.15) is 11.5 Å². The smallest absolute Gasteiger partial charge is 0.270 e. The lowest BCUT2D eigenvalue weighted by Gasteiger charge is -2.17. The van der Waals surface area contributed by atoms with Gasteiger partial charge in [0.05, 0.1) is 6.04 Å². The number of aryl methyl sites for hydroxylation is 1. The third-order valence-electron chi connectivity index (χ3n) is 3.93. The monoisotopic (exact) mass is 327 g/mol. The molecule has 0 spiro atoms. The summed E-state index contributed by atoms with van der Waals surface area (Å²) in [6.45, 7) is 2.56. The van der Waals surface area contributed by atoms with Crippen LogP contribution < -0.4 is 5.32 Å². The topological polar surface area (TPSA) is 62.3 Å². The summed E-state index contributed by atoms with van der Waals surface area (Å²) in [6.07, 6.45) is 0.243. The van der Waals surface area contributed by atoms with Crippen LogP contribution in [-0.2, 0) is 11.3 Å². The molecule has 24 heavy (non-hydrogen) atoms. The second kappa shape index (κ2) is 6.78. The van der Waals surface area contributed by atoms with Crippen molar-refractivity contribution in [2.45, 2.75) is 25.9 Å². The summed E-state index contributed by atoms with van der Waals surface area (Å²) < 4.78 is 13.2. The number of carbonyl (C=O) groups excluding carboxylic acids is 2. The van der Waals surface area contributed by atoms with Gasteiger partial charge >= 0.3 is 0 Å². The number of nitrogens with zero attached hydrogens (tertiary/aromatic N) is 2. The lowest BCUT2D eigenvalue weighted by Crippen LogP contribution is -2.37. The Hall–Kier alpha value is -2.76. The van der Waals surface area contributed by atoms with Crippen LogP contribution in [0.2, 0.25) is 0 Å². The van der Waals surface area contributed by atoms with Crippen molar-refractivity contribution in [3.8, 4) is 0 Å². The fourth-order valence-corrected chi connectivity index (χ4v) is 2.81. The summed E-state index contributed by atoms with van der Waals surface area (Å²) in [5, 5.41) is 2.84. The van der Waals surface area contributed by atoms with Crippen LogP contribution in [0.25, 0.3) is 0 Å². The van der Waals surface area contributed by atoms with Crippen LogP contribution in [0.3, 0.4) is 0 Å². The Morgan fingerprint density at radius 2 is 2.12 bits per heavy atom. The van der Waals surface area contributed by atoms with E-state index in [1.165, 1.54) is 12.1 Å². The van der Waals surface area contributed by atoms with Crippen molar-refractivity contribution in [1.29, 1.82) is 0 Å². The second-order valence-corrected chi connectivity index (χ2v) is 5.94. The van der Waals surface area contributed by atoms with Crippen molar-refractivity contribution >= 4 is 11.8 Å². The Morgan fingerprint density at radius 3 is 2.88 bits per heavy atom. The zero-order chi connectivity index (χ0) is 17.1. The first-order chi connectivity index (χ1) is 11.5. The van der Waals surface area contributed by atoms with Gasteiger partial charge < -0.3 is 10.2 Å². The molecule has 1 aromatic heterocycles. The van der Waals surface area contributed by atoms with Gasteiger partial charge in [0.2, 0.25) is 5.91 Å². The van der Waals surface area contributed by atoms with E-state index in [4.69, 9.17) is 0 Å². The Balaban J connectivity index is 1.61. The molecule has 2 aromatic rings. The molecule has 1 atom stereocenters. The van der Waals surface area contributed by atoms with Gasteiger partial charge in [0.25, 0.3) is 5.91 Å². The number of pyridine rings is 1. The van der Waals surface area contributed by atoms with E-state index in [2.05, 4.69) is 10.3 Å². The first-order valence-electron chi connectivity index (χ1n) is 7.78. The number of carbonyl (C=O) groups is 2. The highest BCUT2D eigenvalue weighted by Gasteiger charge is 2.30. The van der Waals surface area contributed by atoms with E-state index in [-0.39, 0.29) is 30.1 Å². The summed E-state index contributed by atoms with van der Waals surface area (Å²) in [7, 11) is 0. The molecule has 1 aliphatic rings. The van der Waals surface area contributed by atoms with Gasteiger partial charge in [-0.25, -0.2) is 9.37 Å². The van der Waals surface area contributed by atoms with E-state index in [9.17, 15) is 14.0 Å². The van der Waals surface area contributed by atoms with Crippen LogP contribution in [0.4, 0.5) is 4.39 Å². The molecular formula is C18H18FN3O2. The Bertz CT molecular complexity index is 778. The van der Waals surface area contributed by atoms with Crippen LogP contribution in [0.1, 0.15) is 28.2 Å². The number of amides is 2. The van der Waals surface area contributed by atoms with Crippen LogP contribution in [0.5, 0.6) is 0 Å². The van der Waals surface area contributed by atoms with Crippen molar-refractivity contribution in [3.63, 3.8) is 0 Å². The number of aromatic nitrogens is 1. The normalized spacial score (nSPS) is 17.2.